The molecule has 0 N–H and O–H groups in total. The monoisotopic (exact) mass is 488 g/mol. The maximum absolute atomic E-state index is 4.14. The normalized spacial score (nSPS) is 12.8. The number of fused-ring (bicyclic) bond motifs is 2. The van der Waals surface area contributed by atoms with Crippen molar-refractivity contribution in [3.8, 4) is 0 Å². The quantitative estimate of drug-likeness (QED) is 0.240. The zero-order valence-electron chi connectivity index (χ0n) is 19.1. The smallest absolute Gasteiger partial charge is 0.0345 e. The van der Waals surface area contributed by atoms with Gasteiger partial charge >= 0.3 is 0 Å². The SMILES string of the molecule is CC(C)P(c1cccc2cc3cccc(P(C(C)C)C(C)C)c3c(Br)c12)C(C)C. The minimum atomic E-state index is -0.220. The number of halogens is 1. The van der Waals surface area contributed by atoms with Crippen LogP contribution in [0.2, 0.25) is 0 Å². The van der Waals surface area contributed by atoms with Gasteiger partial charge in [-0.2, -0.15) is 0 Å². The Bertz CT molecular complexity index is 910. The van der Waals surface area contributed by atoms with E-state index in [1.807, 2.05) is 0 Å². The molecule has 0 aromatic heterocycles. The van der Waals surface area contributed by atoms with Crippen LogP contribution in [-0.4, -0.2) is 22.6 Å². The molecule has 0 aliphatic rings. The van der Waals surface area contributed by atoms with Crippen LogP contribution in [0, 0.1) is 0 Å². The van der Waals surface area contributed by atoms with Crippen molar-refractivity contribution in [2.24, 2.45) is 0 Å². The zero-order chi connectivity index (χ0) is 21.5. The summed E-state index contributed by atoms with van der Waals surface area (Å²) in [7, 11) is -0.439. The Morgan fingerprint density at radius 1 is 0.586 bits per heavy atom. The summed E-state index contributed by atoms with van der Waals surface area (Å²) in [5.41, 5.74) is 2.71. The van der Waals surface area contributed by atoms with E-state index in [9.17, 15) is 0 Å². The van der Waals surface area contributed by atoms with Crippen molar-refractivity contribution in [3.05, 3.63) is 46.9 Å². The molecule has 0 aliphatic carbocycles. The van der Waals surface area contributed by atoms with Crippen LogP contribution < -0.4 is 10.6 Å². The largest absolute Gasteiger partial charge is 0.0693 e. The van der Waals surface area contributed by atoms with E-state index in [1.165, 1.54) is 26.0 Å². The van der Waals surface area contributed by atoms with Gasteiger partial charge in [-0.25, -0.2) is 0 Å². The lowest BCUT2D eigenvalue weighted by atomic mass is 10.0. The fraction of sp³-hybridized carbons (Fsp3) is 0.462. The van der Waals surface area contributed by atoms with E-state index in [4.69, 9.17) is 0 Å². The predicted molar refractivity (Wildman–Crippen MR) is 143 cm³/mol. The molecule has 0 heterocycles. The molecule has 3 rings (SSSR count). The van der Waals surface area contributed by atoms with Gasteiger partial charge in [0, 0.05) is 15.2 Å². The fourth-order valence-electron chi connectivity index (χ4n) is 4.86. The molecule has 0 saturated heterocycles. The maximum Gasteiger partial charge on any atom is 0.0345 e. The van der Waals surface area contributed by atoms with E-state index in [2.05, 4.69) is 114 Å². The molecule has 0 unspecified atom stereocenters. The molecule has 3 aromatic rings. The van der Waals surface area contributed by atoms with Gasteiger partial charge in [0.15, 0.2) is 0 Å². The van der Waals surface area contributed by atoms with E-state index in [0.717, 1.165) is 0 Å². The second kappa shape index (κ2) is 9.34. The second-order valence-corrected chi connectivity index (χ2v) is 16.6. The van der Waals surface area contributed by atoms with E-state index >= 15 is 0 Å². The highest BCUT2D eigenvalue weighted by Gasteiger charge is 2.25. The molecule has 0 nitrogen and oxygen atoms in total. The molecule has 0 aliphatic heterocycles. The number of hydrogen-bond acceptors (Lipinski definition) is 0. The van der Waals surface area contributed by atoms with Crippen LogP contribution in [0.25, 0.3) is 21.5 Å². The van der Waals surface area contributed by atoms with Crippen molar-refractivity contribution in [3.63, 3.8) is 0 Å². The molecule has 156 valence electrons. The molecule has 0 saturated carbocycles. The van der Waals surface area contributed by atoms with Gasteiger partial charge in [0.05, 0.1) is 0 Å². The predicted octanol–water partition coefficient (Wildman–Crippen LogP) is 8.60. The van der Waals surface area contributed by atoms with Crippen LogP contribution in [-0.2, 0) is 0 Å². The van der Waals surface area contributed by atoms with Gasteiger partial charge in [0.1, 0.15) is 0 Å². The first-order chi connectivity index (χ1) is 13.6. The van der Waals surface area contributed by atoms with Crippen molar-refractivity contribution < 1.29 is 0 Å². The van der Waals surface area contributed by atoms with Gasteiger partial charge < -0.3 is 0 Å². The molecule has 3 aromatic carbocycles. The second-order valence-electron chi connectivity index (χ2n) is 9.13. The molecule has 0 radical (unpaired) electrons. The van der Waals surface area contributed by atoms with Crippen molar-refractivity contribution in [2.45, 2.75) is 78.0 Å². The molecule has 0 atom stereocenters. The van der Waals surface area contributed by atoms with Crippen molar-refractivity contribution in [2.75, 3.05) is 0 Å². The standard InChI is InChI=1S/C26H35BrP2/c1-16(2)28(17(3)4)22-13-9-11-20-15-21-12-10-14-23(25(21)26(27)24(20)22)29(18(5)6)19(7)8/h9-19H,1-8H3. The van der Waals surface area contributed by atoms with E-state index < -0.39 is 0 Å². The summed E-state index contributed by atoms with van der Waals surface area (Å²) >= 11 is 4.14. The van der Waals surface area contributed by atoms with Crippen LogP contribution in [0.1, 0.15) is 55.4 Å². The van der Waals surface area contributed by atoms with Crippen molar-refractivity contribution in [1.29, 1.82) is 0 Å². The number of rotatable bonds is 6. The minimum Gasteiger partial charge on any atom is -0.0693 e. The van der Waals surface area contributed by atoms with Crippen LogP contribution >= 0.6 is 31.8 Å². The zero-order valence-corrected chi connectivity index (χ0v) is 22.5. The molecular formula is C26H35BrP2. The molecule has 3 heteroatoms. The molecule has 0 fully saturated rings. The Morgan fingerprint density at radius 2 is 0.931 bits per heavy atom. The van der Waals surface area contributed by atoms with Crippen molar-refractivity contribution in [1.82, 2.24) is 0 Å². The highest BCUT2D eigenvalue weighted by atomic mass is 79.9. The summed E-state index contributed by atoms with van der Waals surface area (Å²) < 4.78 is 1.32. The first-order valence-electron chi connectivity index (χ1n) is 10.9. The van der Waals surface area contributed by atoms with E-state index in [0.29, 0.717) is 22.6 Å². The van der Waals surface area contributed by atoms with Crippen LogP contribution in [0.5, 0.6) is 0 Å². The third-order valence-corrected chi connectivity index (χ3v) is 12.8. The highest BCUT2D eigenvalue weighted by molar-refractivity contribution is 9.10. The molecule has 0 amide bonds. The van der Waals surface area contributed by atoms with Gasteiger partial charge in [-0.15, -0.1) is 0 Å². The average Bonchev–Trinajstić information content (AvgIpc) is 2.60. The average molecular weight is 489 g/mol. The van der Waals surface area contributed by atoms with Gasteiger partial charge in [0.25, 0.3) is 0 Å². The summed E-state index contributed by atoms with van der Waals surface area (Å²) in [5, 5.41) is 8.75. The van der Waals surface area contributed by atoms with Gasteiger partial charge in [0.2, 0.25) is 0 Å². The van der Waals surface area contributed by atoms with Gasteiger partial charge in [-0.05, 0) is 66.0 Å². The van der Waals surface area contributed by atoms with Crippen LogP contribution in [0.3, 0.4) is 0 Å². The van der Waals surface area contributed by atoms with Gasteiger partial charge in [-0.1, -0.05) is 108 Å². The Hall–Kier alpha value is -0.480. The summed E-state index contributed by atoms with van der Waals surface area (Å²) in [6.45, 7) is 19.1. The third-order valence-electron chi connectivity index (χ3n) is 5.68. The molecule has 0 bridgehead atoms. The highest BCUT2D eigenvalue weighted by Crippen LogP contribution is 2.50. The fourth-order valence-corrected chi connectivity index (χ4v) is 12.2. The molecular weight excluding hydrogens is 454 g/mol. The third kappa shape index (κ3) is 4.44. The lowest BCUT2D eigenvalue weighted by molar-refractivity contribution is 1.02. The number of benzene rings is 3. The van der Waals surface area contributed by atoms with E-state index in [1.54, 1.807) is 10.6 Å². The first kappa shape index (κ1) is 23.2. The van der Waals surface area contributed by atoms with Crippen LogP contribution in [0.15, 0.2) is 46.9 Å². The number of hydrogen-bond donors (Lipinski definition) is 0. The minimum absolute atomic E-state index is 0.220. The molecule has 0 spiro atoms. The van der Waals surface area contributed by atoms with Crippen LogP contribution in [0.4, 0.5) is 0 Å². The van der Waals surface area contributed by atoms with Gasteiger partial charge in [-0.3, -0.25) is 0 Å². The summed E-state index contributed by atoms with van der Waals surface area (Å²) in [4.78, 5) is 0. The lowest BCUT2D eigenvalue weighted by Gasteiger charge is -2.30. The Morgan fingerprint density at radius 3 is 1.24 bits per heavy atom. The lowest BCUT2D eigenvalue weighted by Crippen LogP contribution is -2.18. The topological polar surface area (TPSA) is 0 Å². The summed E-state index contributed by atoms with van der Waals surface area (Å²) in [6, 6.07) is 16.3. The summed E-state index contributed by atoms with van der Waals surface area (Å²) in [5.74, 6) is 0. The van der Waals surface area contributed by atoms with E-state index in [-0.39, 0.29) is 15.8 Å². The first-order valence-corrected chi connectivity index (χ1v) is 14.6. The Labute approximate surface area is 188 Å². The maximum atomic E-state index is 4.14. The molecule has 29 heavy (non-hydrogen) atoms. The Kier molecular flexibility index (Phi) is 7.47. The van der Waals surface area contributed by atoms with Crippen molar-refractivity contribution >= 4 is 63.9 Å². The summed E-state index contributed by atoms with van der Waals surface area (Å²) in [6.07, 6.45) is 0. The Balaban J connectivity index is 2.42.